The van der Waals surface area contributed by atoms with Crippen LogP contribution in [0.25, 0.3) is 0 Å². The standard InChI is InChI=1S/C17H15ClN2O4S/c1-11(12-6-2-4-8-14(12)18)24-16(21)10-19-17-13-7-3-5-9-15(13)25(22,23)20-17/h2-9,11H,10H2,1H3,(H,19,20)/t11-/m1/s1. The Balaban J connectivity index is 1.71. The average molecular weight is 379 g/mol. The van der Waals surface area contributed by atoms with Gasteiger partial charge in [-0.2, -0.15) is 0 Å². The van der Waals surface area contributed by atoms with E-state index in [1.165, 1.54) is 6.07 Å². The fourth-order valence-corrected chi connectivity index (χ4v) is 4.04. The maximum absolute atomic E-state index is 12.0. The van der Waals surface area contributed by atoms with E-state index in [1.807, 2.05) is 0 Å². The minimum absolute atomic E-state index is 0.137. The first-order valence-electron chi connectivity index (χ1n) is 7.49. The maximum atomic E-state index is 12.0. The van der Waals surface area contributed by atoms with Gasteiger partial charge in [-0.3, -0.25) is 14.5 Å². The summed E-state index contributed by atoms with van der Waals surface area (Å²) in [5.41, 5.74) is 1.13. The van der Waals surface area contributed by atoms with Crippen LogP contribution in [-0.2, 0) is 19.6 Å². The van der Waals surface area contributed by atoms with Crippen LogP contribution in [0.15, 0.2) is 58.4 Å². The van der Waals surface area contributed by atoms with Crippen LogP contribution in [0.1, 0.15) is 24.2 Å². The molecule has 130 valence electrons. The SMILES string of the molecule is C[C@@H](OC(=O)CN=C1NS(=O)(=O)c2ccccc21)c1ccccc1Cl. The predicted molar refractivity (Wildman–Crippen MR) is 94.1 cm³/mol. The van der Waals surface area contributed by atoms with Crippen molar-refractivity contribution < 1.29 is 17.9 Å². The normalized spacial score (nSPS) is 17.6. The van der Waals surface area contributed by atoms with Crippen LogP contribution in [0.5, 0.6) is 0 Å². The minimum Gasteiger partial charge on any atom is -0.456 e. The number of carbonyl (C=O) groups is 1. The number of amidine groups is 1. The average Bonchev–Trinajstić information content (AvgIpc) is 2.84. The van der Waals surface area contributed by atoms with E-state index in [0.717, 1.165) is 0 Å². The summed E-state index contributed by atoms with van der Waals surface area (Å²) in [6.07, 6.45) is -0.533. The van der Waals surface area contributed by atoms with Crippen LogP contribution >= 0.6 is 11.6 Å². The van der Waals surface area contributed by atoms with Gasteiger partial charge in [0, 0.05) is 16.1 Å². The minimum atomic E-state index is -3.62. The molecular weight excluding hydrogens is 364 g/mol. The summed E-state index contributed by atoms with van der Waals surface area (Å²) in [6.45, 7) is 1.40. The number of halogens is 1. The lowest BCUT2D eigenvalue weighted by Crippen LogP contribution is -2.23. The third-order valence-corrected chi connectivity index (χ3v) is 5.42. The number of esters is 1. The highest BCUT2D eigenvalue weighted by molar-refractivity contribution is 7.90. The van der Waals surface area contributed by atoms with E-state index < -0.39 is 22.1 Å². The van der Waals surface area contributed by atoms with Crippen molar-refractivity contribution in [2.75, 3.05) is 6.54 Å². The number of aliphatic imine (C=N–C) groups is 1. The summed E-state index contributed by atoms with van der Waals surface area (Å²) in [7, 11) is -3.62. The summed E-state index contributed by atoms with van der Waals surface area (Å²) >= 11 is 6.08. The first-order chi connectivity index (χ1) is 11.9. The Hall–Kier alpha value is -2.38. The van der Waals surface area contributed by atoms with Crippen LogP contribution in [0, 0.1) is 0 Å². The molecule has 2 aromatic rings. The highest BCUT2D eigenvalue weighted by Crippen LogP contribution is 2.25. The predicted octanol–water partition coefficient (Wildman–Crippen LogP) is 2.68. The largest absolute Gasteiger partial charge is 0.456 e. The summed E-state index contributed by atoms with van der Waals surface area (Å²) in [5.74, 6) is -0.443. The molecule has 2 aromatic carbocycles. The van der Waals surface area contributed by atoms with Crippen LogP contribution in [0.4, 0.5) is 0 Å². The second kappa shape index (κ2) is 6.85. The molecule has 0 aromatic heterocycles. The molecule has 1 N–H and O–H groups in total. The molecule has 0 bridgehead atoms. The number of carbonyl (C=O) groups excluding carboxylic acids is 1. The third-order valence-electron chi connectivity index (χ3n) is 3.68. The molecule has 0 radical (unpaired) electrons. The molecule has 1 aliphatic heterocycles. The van der Waals surface area contributed by atoms with Crippen molar-refractivity contribution in [2.24, 2.45) is 4.99 Å². The summed E-state index contributed by atoms with van der Waals surface area (Å²) in [5, 5.41) is 0.506. The summed E-state index contributed by atoms with van der Waals surface area (Å²) in [6, 6.07) is 13.5. The lowest BCUT2D eigenvalue weighted by atomic mass is 10.1. The highest BCUT2D eigenvalue weighted by atomic mass is 35.5. The van der Waals surface area contributed by atoms with Gasteiger partial charge in [0.1, 0.15) is 18.5 Å². The van der Waals surface area contributed by atoms with Gasteiger partial charge in [-0.1, -0.05) is 41.9 Å². The molecule has 0 fully saturated rings. The van der Waals surface area contributed by atoms with Gasteiger partial charge in [-0.25, -0.2) is 8.42 Å². The first kappa shape index (κ1) is 17.4. The number of ether oxygens (including phenoxy) is 1. The summed E-state index contributed by atoms with van der Waals surface area (Å²) in [4.78, 5) is 16.2. The number of hydrogen-bond acceptors (Lipinski definition) is 5. The smallest absolute Gasteiger partial charge is 0.328 e. The molecule has 0 saturated heterocycles. The lowest BCUT2D eigenvalue weighted by Gasteiger charge is -2.14. The number of rotatable bonds is 4. The highest BCUT2D eigenvalue weighted by Gasteiger charge is 2.30. The number of nitrogens with one attached hydrogen (secondary N) is 1. The van der Waals surface area contributed by atoms with E-state index >= 15 is 0 Å². The van der Waals surface area contributed by atoms with Gasteiger partial charge in [0.05, 0.1) is 4.90 Å². The molecule has 3 rings (SSSR count). The molecule has 1 heterocycles. The van der Waals surface area contributed by atoms with Crippen molar-refractivity contribution in [3.63, 3.8) is 0 Å². The van der Waals surface area contributed by atoms with E-state index in [9.17, 15) is 13.2 Å². The Kier molecular flexibility index (Phi) is 4.78. The van der Waals surface area contributed by atoms with Gasteiger partial charge >= 0.3 is 5.97 Å². The van der Waals surface area contributed by atoms with Gasteiger partial charge in [-0.15, -0.1) is 0 Å². The van der Waals surface area contributed by atoms with Crippen molar-refractivity contribution in [3.8, 4) is 0 Å². The van der Waals surface area contributed by atoms with E-state index in [0.29, 0.717) is 16.1 Å². The molecule has 8 heteroatoms. The Morgan fingerprint density at radius 2 is 1.88 bits per heavy atom. The first-order valence-corrected chi connectivity index (χ1v) is 9.35. The van der Waals surface area contributed by atoms with Crippen LogP contribution in [0.2, 0.25) is 5.02 Å². The second-order valence-corrected chi connectivity index (χ2v) is 7.48. The van der Waals surface area contributed by atoms with E-state index in [4.69, 9.17) is 16.3 Å². The molecule has 1 atom stereocenters. The van der Waals surface area contributed by atoms with E-state index in [2.05, 4.69) is 9.71 Å². The van der Waals surface area contributed by atoms with Gasteiger partial charge < -0.3 is 4.74 Å². The molecule has 0 unspecified atom stereocenters. The van der Waals surface area contributed by atoms with E-state index in [-0.39, 0.29) is 17.3 Å². The molecule has 0 aliphatic carbocycles. The van der Waals surface area contributed by atoms with Gasteiger partial charge in [0.25, 0.3) is 10.0 Å². The molecule has 0 amide bonds. The Morgan fingerprint density at radius 3 is 2.64 bits per heavy atom. The maximum Gasteiger partial charge on any atom is 0.328 e. The number of hydrogen-bond donors (Lipinski definition) is 1. The van der Waals surface area contributed by atoms with Crippen LogP contribution < -0.4 is 4.72 Å². The molecule has 1 aliphatic rings. The molecular formula is C17H15ClN2O4S. The zero-order valence-electron chi connectivity index (χ0n) is 13.3. The quantitative estimate of drug-likeness (QED) is 0.829. The zero-order chi connectivity index (χ0) is 18.0. The Bertz CT molecular complexity index is 957. The van der Waals surface area contributed by atoms with Crippen molar-refractivity contribution in [2.45, 2.75) is 17.9 Å². The Morgan fingerprint density at radius 1 is 1.20 bits per heavy atom. The van der Waals surface area contributed by atoms with Gasteiger partial charge in [0.2, 0.25) is 0 Å². The third kappa shape index (κ3) is 3.67. The molecule has 0 saturated carbocycles. The topological polar surface area (TPSA) is 84.8 Å². The summed E-state index contributed by atoms with van der Waals surface area (Å²) < 4.78 is 31.6. The molecule has 0 spiro atoms. The lowest BCUT2D eigenvalue weighted by molar-refractivity contribution is -0.146. The molecule has 25 heavy (non-hydrogen) atoms. The monoisotopic (exact) mass is 378 g/mol. The fourth-order valence-electron chi connectivity index (χ4n) is 2.50. The second-order valence-electron chi connectivity index (χ2n) is 5.42. The zero-order valence-corrected chi connectivity index (χ0v) is 14.8. The number of sulfonamides is 1. The van der Waals surface area contributed by atoms with Gasteiger partial charge in [-0.05, 0) is 25.1 Å². The fraction of sp³-hybridized carbons (Fsp3) is 0.176. The van der Waals surface area contributed by atoms with Crippen molar-refractivity contribution in [1.29, 1.82) is 0 Å². The van der Waals surface area contributed by atoms with Crippen LogP contribution in [-0.4, -0.2) is 26.8 Å². The van der Waals surface area contributed by atoms with Crippen molar-refractivity contribution in [1.82, 2.24) is 4.72 Å². The van der Waals surface area contributed by atoms with Crippen LogP contribution in [0.3, 0.4) is 0 Å². The number of benzene rings is 2. The number of fused-ring (bicyclic) bond motifs is 1. The number of nitrogens with zero attached hydrogens (tertiary/aromatic N) is 1. The Labute approximate surface area is 150 Å². The van der Waals surface area contributed by atoms with Gasteiger partial charge in [0.15, 0.2) is 0 Å². The molecule has 6 nitrogen and oxygen atoms in total. The van der Waals surface area contributed by atoms with Crippen molar-refractivity contribution in [3.05, 3.63) is 64.7 Å². The van der Waals surface area contributed by atoms with Crippen molar-refractivity contribution >= 4 is 33.4 Å². The van der Waals surface area contributed by atoms with E-state index in [1.54, 1.807) is 49.4 Å².